The van der Waals surface area contributed by atoms with E-state index in [0.29, 0.717) is 11.4 Å². The van der Waals surface area contributed by atoms with Crippen LogP contribution in [-0.2, 0) is 16.6 Å². The van der Waals surface area contributed by atoms with Crippen LogP contribution >= 0.6 is 0 Å². The normalized spacial score (nSPS) is 10.8. The third-order valence-corrected chi connectivity index (χ3v) is 3.81. The smallest absolute Gasteiger partial charge is 0.240 e. The lowest BCUT2D eigenvalue weighted by Gasteiger charge is -2.05. The van der Waals surface area contributed by atoms with Crippen LogP contribution in [0, 0.1) is 11.8 Å². The molecule has 0 aliphatic rings. The number of nitrogens with one attached hydrogen (secondary N) is 2. The minimum Gasteiger partial charge on any atom is -0.320 e. The van der Waals surface area contributed by atoms with Gasteiger partial charge in [-0.2, -0.15) is 5.10 Å². The van der Waals surface area contributed by atoms with E-state index in [2.05, 4.69) is 31.7 Å². The minimum atomic E-state index is -3.58. The van der Waals surface area contributed by atoms with E-state index in [-0.39, 0.29) is 18.0 Å². The van der Waals surface area contributed by atoms with E-state index >= 15 is 0 Å². The number of nitrogens with zero attached hydrogens (tertiary/aromatic N) is 2. The Labute approximate surface area is 116 Å². The summed E-state index contributed by atoms with van der Waals surface area (Å²) in [7, 11) is -3.58. The molecular formula is C12H13N5O2S. The van der Waals surface area contributed by atoms with Gasteiger partial charge in [-0.3, -0.25) is 5.10 Å². The van der Waals surface area contributed by atoms with Gasteiger partial charge in [0.25, 0.3) is 0 Å². The Hall–Kier alpha value is -2.21. The second-order valence-corrected chi connectivity index (χ2v) is 5.55. The van der Waals surface area contributed by atoms with Gasteiger partial charge in [0.05, 0.1) is 18.0 Å². The molecular weight excluding hydrogens is 278 g/mol. The van der Waals surface area contributed by atoms with Crippen LogP contribution in [0.5, 0.6) is 0 Å². The van der Waals surface area contributed by atoms with Crippen LogP contribution in [0.25, 0.3) is 0 Å². The maximum absolute atomic E-state index is 12.0. The highest BCUT2D eigenvalue weighted by Gasteiger charge is 2.13. The number of H-pyrrole nitrogens is 1. The third-order valence-electron chi connectivity index (χ3n) is 2.39. The zero-order valence-corrected chi connectivity index (χ0v) is 11.3. The monoisotopic (exact) mass is 291 g/mol. The Morgan fingerprint density at radius 3 is 2.65 bits per heavy atom. The van der Waals surface area contributed by atoms with Gasteiger partial charge >= 0.3 is 0 Å². The van der Waals surface area contributed by atoms with E-state index in [0.717, 1.165) is 0 Å². The zero-order valence-electron chi connectivity index (χ0n) is 10.5. The first-order valence-electron chi connectivity index (χ1n) is 5.75. The molecule has 20 heavy (non-hydrogen) atoms. The predicted molar refractivity (Wildman–Crippen MR) is 72.8 cm³/mol. The number of sulfonamides is 1. The maximum atomic E-state index is 12.0. The Balaban J connectivity index is 2.09. The van der Waals surface area contributed by atoms with Crippen LogP contribution in [0.4, 0.5) is 0 Å². The fraction of sp³-hybridized carbons (Fsp3) is 0.167. The summed E-state index contributed by atoms with van der Waals surface area (Å²) in [6.07, 6.45) is 1.31. The van der Waals surface area contributed by atoms with Crippen LogP contribution in [0.2, 0.25) is 0 Å². The number of benzene rings is 1. The van der Waals surface area contributed by atoms with Gasteiger partial charge in [0.15, 0.2) is 0 Å². The molecule has 4 N–H and O–H groups in total. The molecule has 0 aliphatic carbocycles. The molecule has 0 fully saturated rings. The fourth-order valence-electron chi connectivity index (χ4n) is 1.43. The molecule has 0 saturated carbocycles. The minimum absolute atomic E-state index is 0.0526. The van der Waals surface area contributed by atoms with Gasteiger partial charge in [0.1, 0.15) is 12.2 Å². The molecule has 0 atom stereocenters. The topological polar surface area (TPSA) is 114 Å². The molecule has 0 bridgehead atoms. The number of rotatable bonds is 4. The predicted octanol–water partition coefficient (Wildman–Crippen LogP) is -0.407. The first-order valence-corrected chi connectivity index (χ1v) is 7.23. The Morgan fingerprint density at radius 1 is 1.30 bits per heavy atom. The number of hydrogen-bond acceptors (Lipinski definition) is 5. The van der Waals surface area contributed by atoms with Crippen molar-refractivity contribution in [2.24, 2.45) is 5.73 Å². The molecule has 7 nitrogen and oxygen atoms in total. The van der Waals surface area contributed by atoms with Crippen molar-refractivity contribution in [3.05, 3.63) is 42.0 Å². The lowest BCUT2D eigenvalue weighted by atomic mass is 10.2. The van der Waals surface area contributed by atoms with Gasteiger partial charge in [0.2, 0.25) is 10.0 Å². The summed E-state index contributed by atoms with van der Waals surface area (Å²) in [5.74, 6) is 5.97. The summed E-state index contributed by atoms with van der Waals surface area (Å²) in [4.78, 5) is 4.00. The molecule has 1 aromatic heterocycles. The first-order chi connectivity index (χ1) is 9.62. The number of aromatic nitrogens is 3. The van der Waals surface area contributed by atoms with E-state index < -0.39 is 10.0 Å². The van der Waals surface area contributed by atoms with Crippen molar-refractivity contribution < 1.29 is 8.42 Å². The van der Waals surface area contributed by atoms with Crippen molar-refractivity contribution in [3.8, 4) is 11.8 Å². The molecule has 0 aliphatic heterocycles. The van der Waals surface area contributed by atoms with Crippen molar-refractivity contribution in [1.29, 1.82) is 0 Å². The number of aromatic amines is 1. The Bertz CT molecular complexity index is 711. The summed E-state index contributed by atoms with van der Waals surface area (Å²) in [5.41, 5.74) is 5.98. The summed E-state index contributed by atoms with van der Waals surface area (Å²) in [6, 6.07) is 6.24. The lowest BCUT2D eigenvalue weighted by molar-refractivity contribution is 0.579. The maximum Gasteiger partial charge on any atom is 0.240 e. The highest BCUT2D eigenvalue weighted by molar-refractivity contribution is 7.89. The summed E-state index contributed by atoms with van der Waals surface area (Å²) in [6.45, 7) is 0.315. The summed E-state index contributed by atoms with van der Waals surface area (Å²) >= 11 is 0. The molecule has 0 amide bonds. The second kappa shape index (κ2) is 6.29. The molecule has 1 aromatic carbocycles. The number of nitrogens with two attached hydrogens (primary N) is 1. The van der Waals surface area contributed by atoms with Gasteiger partial charge < -0.3 is 5.73 Å². The summed E-state index contributed by atoms with van der Waals surface area (Å²) < 4.78 is 26.5. The van der Waals surface area contributed by atoms with Crippen LogP contribution in [0.1, 0.15) is 11.4 Å². The molecule has 0 saturated heterocycles. The molecule has 104 valence electrons. The standard InChI is InChI=1S/C12H13N5O2S/c13-7-1-2-10-3-5-11(6-4-10)20(18,19)16-8-12-14-9-15-17-12/h3-6,9,16H,7-8,13H2,(H,14,15,17). The second-order valence-electron chi connectivity index (χ2n) is 3.79. The molecule has 8 heteroatoms. The Morgan fingerprint density at radius 2 is 2.05 bits per heavy atom. The van der Waals surface area contributed by atoms with Crippen LogP contribution in [-0.4, -0.2) is 30.1 Å². The quantitative estimate of drug-likeness (QED) is 0.663. The third kappa shape index (κ3) is 3.64. The van der Waals surface area contributed by atoms with Crippen molar-refractivity contribution in [1.82, 2.24) is 19.9 Å². The van der Waals surface area contributed by atoms with Gasteiger partial charge in [0, 0.05) is 5.56 Å². The highest BCUT2D eigenvalue weighted by Crippen LogP contribution is 2.10. The average Bonchev–Trinajstić information content (AvgIpc) is 2.97. The largest absolute Gasteiger partial charge is 0.320 e. The van der Waals surface area contributed by atoms with E-state index in [1.807, 2.05) is 0 Å². The Kier molecular flexibility index (Phi) is 4.47. The van der Waals surface area contributed by atoms with E-state index in [1.54, 1.807) is 12.1 Å². The first kappa shape index (κ1) is 14.2. The number of hydrogen-bond donors (Lipinski definition) is 3. The summed E-state index contributed by atoms with van der Waals surface area (Å²) in [5, 5.41) is 6.21. The van der Waals surface area contributed by atoms with Gasteiger partial charge in [-0.15, -0.1) is 0 Å². The SMILES string of the molecule is NCC#Cc1ccc(S(=O)(=O)NCc2ncn[nH]2)cc1. The van der Waals surface area contributed by atoms with E-state index in [1.165, 1.54) is 18.5 Å². The van der Waals surface area contributed by atoms with Crippen molar-refractivity contribution in [3.63, 3.8) is 0 Å². The molecule has 0 unspecified atom stereocenters. The fourth-order valence-corrected chi connectivity index (χ4v) is 2.42. The van der Waals surface area contributed by atoms with Gasteiger partial charge in [-0.1, -0.05) is 11.8 Å². The molecule has 1 heterocycles. The highest BCUT2D eigenvalue weighted by atomic mass is 32.2. The van der Waals surface area contributed by atoms with Crippen LogP contribution in [0.15, 0.2) is 35.5 Å². The van der Waals surface area contributed by atoms with E-state index in [4.69, 9.17) is 5.73 Å². The van der Waals surface area contributed by atoms with Crippen LogP contribution < -0.4 is 10.5 Å². The van der Waals surface area contributed by atoms with Crippen molar-refractivity contribution >= 4 is 10.0 Å². The van der Waals surface area contributed by atoms with Crippen molar-refractivity contribution in [2.45, 2.75) is 11.4 Å². The average molecular weight is 291 g/mol. The van der Waals surface area contributed by atoms with Gasteiger partial charge in [-0.05, 0) is 24.3 Å². The molecule has 2 aromatic rings. The zero-order chi connectivity index (χ0) is 14.4. The van der Waals surface area contributed by atoms with E-state index in [9.17, 15) is 8.42 Å². The molecule has 0 radical (unpaired) electrons. The molecule has 0 spiro atoms. The van der Waals surface area contributed by atoms with Gasteiger partial charge in [-0.25, -0.2) is 18.1 Å². The van der Waals surface area contributed by atoms with Crippen LogP contribution in [0.3, 0.4) is 0 Å². The molecule has 2 rings (SSSR count). The van der Waals surface area contributed by atoms with Crippen molar-refractivity contribution in [2.75, 3.05) is 6.54 Å². The lowest BCUT2D eigenvalue weighted by Crippen LogP contribution is -2.23.